The third-order valence-electron chi connectivity index (χ3n) is 17.7. The molecule has 1 rings (SSSR count). The summed E-state index contributed by atoms with van der Waals surface area (Å²) < 4.78 is 5.56. The van der Waals surface area contributed by atoms with Gasteiger partial charge in [-0.25, -0.2) is 0 Å². The van der Waals surface area contributed by atoms with Crippen LogP contribution in [0.3, 0.4) is 0 Å². The highest BCUT2D eigenvalue weighted by atomic mass is 16.5. The first kappa shape index (κ1) is 80.4. The summed E-state index contributed by atoms with van der Waals surface area (Å²) in [6.45, 7) is 30.3. The van der Waals surface area contributed by atoms with Gasteiger partial charge in [0.25, 0.3) is 0 Å². The Morgan fingerprint density at radius 1 is 0.489 bits per heavy atom. The van der Waals surface area contributed by atoms with Gasteiger partial charge >= 0.3 is 0 Å². The average Bonchev–Trinajstić information content (AvgIpc) is 1.33. The van der Waals surface area contributed by atoms with Crippen molar-refractivity contribution in [2.75, 3.05) is 63.1 Å². The van der Waals surface area contributed by atoms with E-state index in [-0.39, 0.29) is 75.2 Å². The Morgan fingerprint density at radius 2 is 0.886 bits per heavy atom. The summed E-state index contributed by atoms with van der Waals surface area (Å²) in [6, 6.07) is -9.55. The maximum Gasteiger partial charge on any atom is 0.248 e. The van der Waals surface area contributed by atoms with Crippen molar-refractivity contribution < 1.29 is 62.6 Å². The van der Waals surface area contributed by atoms with Gasteiger partial charge in [-0.1, -0.05) is 116 Å². The number of aliphatic hydroxyl groups excluding tert-OH is 1. The van der Waals surface area contributed by atoms with Gasteiger partial charge in [0, 0.05) is 93.5 Å². The molecule has 2 N–H and O–H groups in total. The number of hydrogen-bond donors (Lipinski definition) is 2. The maximum atomic E-state index is 15.3. The number of aliphatic hydroxyl groups is 1. The van der Waals surface area contributed by atoms with E-state index in [1.807, 2.05) is 68.4 Å². The number of hydrogen-bond acceptors (Lipinski definition) is 13. The largest absolute Gasteiger partial charge is 0.390 e. The van der Waals surface area contributed by atoms with Crippen molar-refractivity contribution in [1.29, 1.82) is 0 Å². The van der Waals surface area contributed by atoms with Crippen LogP contribution >= 0.6 is 0 Å². The zero-order chi connectivity index (χ0) is 68.3. The van der Waals surface area contributed by atoms with E-state index in [4.69, 9.17) is 4.74 Å². The molecule has 1 heterocycles. The molecule has 1 fully saturated rings. The Kier molecular flexibility index (Phi) is 33.8. The van der Waals surface area contributed by atoms with E-state index in [0.29, 0.717) is 6.42 Å². The number of methoxy groups -OCH3 is 1. The van der Waals surface area contributed by atoms with Crippen molar-refractivity contribution in [3.8, 4) is 0 Å². The molecular formula is C67H118N8O13. The molecule has 1 saturated heterocycles. The molecule has 1 aliphatic heterocycles. The van der Waals surface area contributed by atoms with Crippen LogP contribution in [-0.4, -0.2) is 222 Å². The standard InChI is InChI=1S/C67H118N8O13/c1-26-28-29-44(15)59(79)58-56(78)35-47(27-2)62(82)73(22)53(37-88-25)66(86)70(19)50(31-39(5)6)55(77)36-48(42(11)12)63(83)69(18)49(30-38(3)4)54(76)34-45(16)60(80)68-46(17)61(81)71(20)51(32-40(7)8)64(84)72(21)52(33-41(9)10)65(85)74(23)57(43(13)14)67(87)75(58)24/h26,28,38-53,57-59,79H,27,29-37H2,1-25H3,(H,68,80)/b28-26+/t44-,45+,46+,47+,48-,49+,50+,51-,52-,53-,57-,58+,59-/m1/s1. The van der Waals surface area contributed by atoms with E-state index >= 15 is 19.2 Å². The average molecular weight is 1240 g/mol. The first-order valence-electron chi connectivity index (χ1n) is 32.2. The molecule has 0 spiro atoms. The monoisotopic (exact) mass is 1240 g/mol. The van der Waals surface area contributed by atoms with Crippen molar-refractivity contribution >= 4 is 64.6 Å². The van der Waals surface area contributed by atoms with Gasteiger partial charge in [-0.15, -0.1) is 0 Å². The summed E-state index contributed by atoms with van der Waals surface area (Å²) in [6.07, 6.45) is 2.34. The van der Waals surface area contributed by atoms with Crippen molar-refractivity contribution in [1.82, 2.24) is 39.6 Å². The lowest BCUT2D eigenvalue weighted by atomic mass is 9.84. The van der Waals surface area contributed by atoms with Gasteiger partial charge in [-0.05, 0) is 93.8 Å². The zero-order valence-electron chi connectivity index (χ0n) is 58.7. The molecule has 0 aromatic heterocycles. The number of nitrogens with one attached hydrogen (secondary N) is 1. The summed E-state index contributed by atoms with van der Waals surface area (Å²) in [7, 11) is 11.6. The molecular weight excluding hydrogens is 1120 g/mol. The molecule has 0 saturated carbocycles. The molecule has 88 heavy (non-hydrogen) atoms. The summed E-state index contributed by atoms with van der Waals surface area (Å²) in [5, 5.41) is 15.0. The lowest BCUT2D eigenvalue weighted by Gasteiger charge is -2.41. The van der Waals surface area contributed by atoms with Crippen LogP contribution in [-0.2, 0) is 57.5 Å². The highest BCUT2D eigenvalue weighted by molar-refractivity contribution is 6.00. The van der Waals surface area contributed by atoms with Crippen LogP contribution in [0.5, 0.6) is 0 Å². The van der Waals surface area contributed by atoms with Gasteiger partial charge in [-0.2, -0.15) is 0 Å². The number of nitrogens with zero attached hydrogens (tertiary/aromatic N) is 7. The number of amides is 8. The van der Waals surface area contributed by atoms with Crippen molar-refractivity contribution in [3.63, 3.8) is 0 Å². The molecule has 21 heteroatoms. The summed E-state index contributed by atoms with van der Waals surface area (Å²) in [5.74, 6) is -11.2. The van der Waals surface area contributed by atoms with E-state index < -0.39 is 161 Å². The van der Waals surface area contributed by atoms with E-state index in [1.165, 1.54) is 92.8 Å². The number of carbonyl (C=O) groups excluding carboxylic acids is 11. The van der Waals surface area contributed by atoms with Gasteiger partial charge in [0.2, 0.25) is 47.3 Å². The number of rotatable bonds is 17. The van der Waals surface area contributed by atoms with Crippen LogP contribution in [0.15, 0.2) is 12.2 Å². The predicted octanol–water partition coefficient (Wildman–Crippen LogP) is 6.56. The van der Waals surface area contributed by atoms with Gasteiger partial charge in [0.15, 0.2) is 17.3 Å². The second kappa shape index (κ2) is 36.9. The molecule has 0 aliphatic carbocycles. The summed E-state index contributed by atoms with van der Waals surface area (Å²) >= 11 is 0. The molecule has 0 aromatic carbocycles. The second-order valence-corrected chi connectivity index (χ2v) is 27.7. The minimum absolute atomic E-state index is 0.0786. The van der Waals surface area contributed by atoms with E-state index in [1.54, 1.807) is 54.5 Å². The molecule has 13 atom stereocenters. The van der Waals surface area contributed by atoms with Gasteiger partial charge in [-0.3, -0.25) is 52.7 Å². The molecule has 504 valence electrons. The van der Waals surface area contributed by atoms with Crippen LogP contribution in [0.25, 0.3) is 0 Å². The quantitative estimate of drug-likeness (QED) is 0.147. The summed E-state index contributed by atoms with van der Waals surface area (Å²) in [4.78, 5) is 172. The van der Waals surface area contributed by atoms with Crippen LogP contribution in [0.4, 0.5) is 0 Å². The fourth-order valence-corrected chi connectivity index (χ4v) is 12.0. The van der Waals surface area contributed by atoms with E-state index in [2.05, 4.69) is 5.32 Å². The SMILES string of the molecule is C/C=C/C[C@@H](C)[C@@H](O)[C@@H]1C(=O)C[C@H](CC)C(=O)N(C)[C@H](COC)C(=O)N(C)[C@@H](CC(C)C)C(=O)C[C@H](C(C)C)C(=O)N(C)[C@@H](CC(C)C)C(=O)C[C@H](C)C(=O)N[C@@H](C)C(=O)N(C)[C@H](CC(C)C)C(=O)N(C)[C@H](CC(C)C)C(=O)N(C)[C@H](C(C)C)C(=O)N1C. The minimum Gasteiger partial charge on any atom is -0.390 e. The zero-order valence-corrected chi connectivity index (χ0v) is 58.7. The highest BCUT2D eigenvalue weighted by Gasteiger charge is 2.46. The van der Waals surface area contributed by atoms with E-state index in [9.17, 15) is 38.7 Å². The predicted molar refractivity (Wildman–Crippen MR) is 343 cm³/mol. The Hall–Kier alpha value is -5.57. The Balaban J connectivity index is 4.45. The molecule has 8 amide bonds. The fraction of sp³-hybridized carbons (Fsp3) is 0.806. The highest BCUT2D eigenvalue weighted by Crippen LogP contribution is 2.30. The Labute approximate surface area is 529 Å². The van der Waals surface area contributed by atoms with Crippen molar-refractivity contribution in [2.24, 2.45) is 59.2 Å². The first-order valence-corrected chi connectivity index (χ1v) is 32.2. The van der Waals surface area contributed by atoms with Crippen LogP contribution in [0.2, 0.25) is 0 Å². The summed E-state index contributed by atoms with van der Waals surface area (Å²) in [5.41, 5.74) is 0. The topological polar surface area (TPSA) is 252 Å². The molecule has 0 aromatic rings. The number of allylic oxidation sites excluding steroid dienone is 2. The molecule has 21 nitrogen and oxygen atoms in total. The Morgan fingerprint density at radius 3 is 1.32 bits per heavy atom. The number of Topliss-reactive ketones (excluding diaryl/α,β-unsaturated/α-hetero) is 3. The normalized spacial score (nSPS) is 27.5. The fourth-order valence-electron chi connectivity index (χ4n) is 12.0. The lowest BCUT2D eigenvalue weighted by Crippen LogP contribution is -2.62. The van der Waals surface area contributed by atoms with Crippen LogP contribution in [0, 0.1) is 59.2 Å². The maximum absolute atomic E-state index is 15.3. The van der Waals surface area contributed by atoms with Crippen LogP contribution < -0.4 is 5.32 Å². The number of carbonyl (C=O) groups is 11. The minimum atomic E-state index is -1.52. The third-order valence-corrected chi connectivity index (χ3v) is 17.7. The van der Waals surface area contributed by atoms with Gasteiger partial charge in [0.05, 0.1) is 24.8 Å². The van der Waals surface area contributed by atoms with Crippen molar-refractivity contribution in [3.05, 3.63) is 12.2 Å². The first-order chi connectivity index (χ1) is 40.7. The number of ether oxygens (including phenoxy) is 1. The van der Waals surface area contributed by atoms with Crippen LogP contribution in [0.1, 0.15) is 175 Å². The molecule has 0 unspecified atom stereocenters. The van der Waals surface area contributed by atoms with Gasteiger partial charge < -0.3 is 49.5 Å². The lowest BCUT2D eigenvalue weighted by molar-refractivity contribution is -0.157. The molecule has 0 bridgehead atoms. The smallest absolute Gasteiger partial charge is 0.248 e. The molecule has 1 aliphatic rings. The third kappa shape index (κ3) is 22.1. The second-order valence-electron chi connectivity index (χ2n) is 27.7. The van der Waals surface area contributed by atoms with Crippen molar-refractivity contribution in [2.45, 2.75) is 230 Å². The number of ketones is 3. The van der Waals surface area contributed by atoms with E-state index in [0.717, 1.165) is 4.90 Å². The Bertz CT molecular complexity index is 2390. The molecule has 0 radical (unpaired) electrons. The number of likely N-dealkylation sites (N-methyl/N-ethyl adjacent to an activating group) is 7. The van der Waals surface area contributed by atoms with Gasteiger partial charge in [0.1, 0.15) is 36.3 Å².